The molecule has 2 N–H and O–H groups in total. The number of carbonyl (C=O) groups is 1. The number of hydrogen-bond acceptors (Lipinski definition) is 4. The topological polar surface area (TPSA) is 99.3 Å². The van der Waals surface area contributed by atoms with Gasteiger partial charge in [0.15, 0.2) is 5.43 Å². The molecule has 35 heavy (non-hydrogen) atoms. The van der Waals surface area contributed by atoms with Crippen LogP contribution in [0.5, 0.6) is 0 Å². The maximum atomic E-state index is 15.0. The fourth-order valence-electron chi connectivity index (χ4n) is 4.26. The molecule has 1 aliphatic rings. The third-order valence-corrected chi connectivity index (χ3v) is 8.37. The molecule has 0 aliphatic carbocycles. The number of fused-ring (bicyclic) bond motifs is 2. The van der Waals surface area contributed by atoms with E-state index in [1.807, 2.05) is 0 Å². The molecule has 0 unspecified atom stereocenters. The van der Waals surface area contributed by atoms with Crippen LogP contribution in [0, 0.1) is 5.82 Å². The normalized spacial score (nSPS) is 14.7. The summed E-state index contributed by atoms with van der Waals surface area (Å²) in [7, 11) is -3.59. The molecule has 180 valence electrons. The van der Waals surface area contributed by atoms with Gasteiger partial charge in [0, 0.05) is 29.4 Å². The third-order valence-electron chi connectivity index (χ3n) is 6.47. The minimum atomic E-state index is -3.59. The Labute approximate surface area is 201 Å². The standard InChI is InChI=1S/C26H24FN3O4S/c1-26(2,16-7-5-8-17(13-16)35(33,34)30-11-6-12-30)29-25(32)19-15-23-20(14-21(19)27)24(31)18-9-3-4-10-22(18)28-23/h3-5,7-10,13-15H,6,11-12H2,1-2H3,(H,28,31)(H,29,32). The van der Waals surface area contributed by atoms with E-state index in [1.165, 1.54) is 22.5 Å². The molecule has 0 bridgehead atoms. The van der Waals surface area contributed by atoms with E-state index in [0.717, 1.165) is 12.5 Å². The van der Waals surface area contributed by atoms with Crippen molar-refractivity contribution in [3.8, 4) is 0 Å². The van der Waals surface area contributed by atoms with E-state index < -0.39 is 27.3 Å². The minimum Gasteiger partial charge on any atom is -0.354 e. The Hall–Kier alpha value is -3.56. The van der Waals surface area contributed by atoms with Gasteiger partial charge in [-0.25, -0.2) is 12.8 Å². The quantitative estimate of drug-likeness (QED) is 0.412. The Bertz CT molecular complexity index is 1660. The SMILES string of the molecule is CC(C)(NC(=O)c1cc2[nH]c3ccccc3c(=O)c2cc1F)c1cccc(S(=O)(=O)N2CCC2)c1. The van der Waals surface area contributed by atoms with E-state index in [0.29, 0.717) is 35.1 Å². The molecule has 3 aromatic carbocycles. The molecule has 2 heterocycles. The summed E-state index contributed by atoms with van der Waals surface area (Å²) in [6, 6.07) is 15.7. The molecule has 1 saturated heterocycles. The van der Waals surface area contributed by atoms with Crippen LogP contribution in [-0.4, -0.2) is 36.7 Å². The van der Waals surface area contributed by atoms with Crippen molar-refractivity contribution in [1.29, 1.82) is 0 Å². The zero-order chi connectivity index (χ0) is 25.0. The number of amides is 1. The van der Waals surface area contributed by atoms with Gasteiger partial charge < -0.3 is 10.3 Å². The molecule has 0 saturated carbocycles. The summed E-state index contributed by atoms with van der Waals surface area (Å²) in [4.78, 5) is 29.2. The van der Waals surface area contributed by atoms with Crippen LogP contribution in [0.1, 0.15) is 36.2 Å². The lowest BCUT2D eigenvalue weighted by Crippen LogP contribution is -2.43. The minimum absolute atomic E-state index is 0.151. The smallest absolute Gasteiger partial charge is 0.255 e. The second kappa shape index (κ2) is 8.28. The lowest BCUT2D eigenvalue weighted by Gasteiger charge is -2.31. The average Bonchev–Trinajstić information content (AvgIpc) is 2.78. The number of sulfonamides is 1. The van der Waals surface area contributed by atoms with Gasteiger partial charge in [0.05, 0.1) is 21.5 Å². The van der Waals surface area contributed by atoms with Gasteiger partial charge in [-0.3, -0.25) is 9.59 Å². The van der Waals surface area contributed by atoms with Crippen molar-refractivity contribution < 1.29 is 17.6 Å². The van der Waals surface area contributed by atoms with Gasteiger partial charge in [0.25, 0.3) is 5.91 Å². The summed E-state index contributed by atoms with van der Waals surface area (Å²) in [5.74, 6) is -1.50. The number of aromatic amines is 1. The van der Waals surface area contributed by atoms with Crippen LogP contribution in [0.25, 0.3) is 21.8 Å². The molecule has 9 heteroatoms. The fraction of sp³-hybridized carbons (Fsp3) is 0.231. The Morgan fingerprint density at radius 1 is 1.00 bits per heavy atom. The van der Waals surface area contributed by atoms with Crippen molar-refractivity contribution in [2.45, 2.75) is 30.7 Å². The number of rotatable bonds is 5. The highest BCUT2D eigenvalue weighted by Gasteiger charge is 2.31. The number of nitrogens with one attached hydrogen (secondary N) is 2. The molecule has 5 rings (SSSR count). The Morgan fingerprint density at radius 3 is 2.46 bits per heavy atom. The van der Waals surface area contributed by atoms with E-state index in [-0.39, 0.29) is 21.3 Å². The number of hydrogen-bond donors (Lipinski definition) is 2. The number of pyridine rings is 1. The molecule has 0 spiro atoms. The number of aromatic nitrogens is 1. The van der Waals surface area contributed by atoms with Crippen LogP contribution in [0.15, 0.2) is 70.4 Å². The van der Waals surface area contributed by atoms with Crippen molar-refractivity contribution in [2.75, 3.05) is 13.1 Å². The van der Waals surface area contributed by atoms with E-state index in [9.17, 15) is 22.4 Å². The number of carbonyl (C=O) groups excluding carboxylic acids is 1. The first kappa shape index (κ1) is 23.2. The maximum absolute atomic E-state index is 15.0. The number of H-pyrrole nitrogens is 1. The Balaban J connectivity index is 1.48. The second-order valence-electron chi connectivity index (χ2n) is 9.24. The summed E-state index contributed by atoms with van der Waals surface area (Å²) in [5, 5.41) is 3.39. The molecule has 0 atom stereocenters. The van der Waals surface area contributed by atoms with Crippen LogP contribution in [0.2, 0.25) is 0 Å². The highest BCUT2D eigenvalue weighted by molar-refractivity contribution is 7.89. The molecule has 1 amide bonds. The molecule has 0 radical (unpaired) electrons. The highest BCUT2D eigenvalue weighted by atomic mass is 32.2. The zero-order valence-corrected chi connectivity index (χ0v) is 20.1. The summed E-state index contributed by atoms with van der Waals surface area (Å²) in [5.41, 5.74) is -0.0469. The van der Waals surface area contributed by atoms with Crippen molar-refractivity contribution in [3.63, 3.8) is 0 Å². The van der Waals surface area contributed by atoms with Gasteiger partial charge in [-0.15, -0.1) is 0 Å². The molecule has 1 fully saturated rings. The van der Waals surface area contributed by atoms with E-state index in [4.69, 9.17) is 0 Å². The number of halogens is 1. The van der Waals surface area contributed by atoms with Gasteiger partial charge in [-0.1, -0.05) is 24.3 Å². The summed E-state index contributed by atoms with van der Waals surface area (Å²) >= 11 is 0. The zero-order valence-electron chi connectivity index (χ0n) is 19.3. The summed E-state index contributed by atoms with van der Waals surface area (Å²) < 4.78 is 42.0. The van der Waals surface area contributed by atoms with Gasteiger partial charge >= 0.3 is 0 Å². The molecule has 1 aromatic heterocycles. The predicted molar refractivity (Wildman–Crippen MR) is 132 cm³/mol. The van der Waals surface area contributed by atoms with Gasteiger partial charge in [0.2, 0.25) is 10.0 Å². The molecular formula is C26H24FN3O4S. The monoisotopic (exact) mass is 493 g/mol. The average molecular weight is 494 g/mol. The van der Waals surface area contributed by atoms with Crippen LogP contribution in [-0.2, 0) is 15.6 Å². The number of benzene rings is 3. The molecule has 1 aliphatic heterocycles. The molecule has 4 aromatic rings. The third kappa shape index (κ3) is 4.00. The summed E-state index contributed by atoms with van der Waals surface area (Å²) in [6.45, 7) is 4.42. The van der Waals surface area contributed by atoms with E-state index in [2.05, 4.69) is 10.3 Å². The Kier molecular flexibility index (Phi) is 5.49. The largest absolute Gasteiger partial charge is 0.354 e. The number of para-hydroxylation sites is 1. The molecular weight excluding hydrogens is 469 g/mol. The highest BCUT2D eigenvalue weighted by Crippen LogP contribution is 2.27. The number of nitrogens with zero attached hydrogens (tertiary/aromatic N) is 1. The van der Waals surface area contributed by atoms with E-state index >= 15 is 0 Å². The lowest BCUT2D eigenvalue weighted by atomic mass is 9.93. The van der Waals surface area contributed by atoms with Crippen LogP contribution in [0.4, 0.5) is 4.39 Å². The van der Waals surface area contributed by atoms with Crippen LogP contribution >= 0.6 is 0 Å². The molecule has 7 nitrogen and oxygen atoms in total. The van der Waals surface area contributed by atoms with Crippen molar-refractivity contribution in [1.82, 2.24) is 14.6 Å². The van der Waals surface area contributed by atoms with Gasteiger partial charge in [-0.05, 0) is 62.2 Å². The Morgan fingerprint density at radius 2 is 1.74 bits per heavy atom. The van der Waals surface area contributed by atoms with Crippen LogP contribution < -0.4 is 10.7 Å². The predicted octanol–water partition coefficient (Wildman–Crippen LogP) is 3.88. The first-order valence-corrected chi connectivity index (χ1v) is 12.7. The van der Waals surface area contributed by atoms with Crippen LogP contribution in [0.3, 0.4) is 0 Å². The van der Waals surface area contributed by atoms with Gasteiger partial charge in [0.1, 0.15) is 5.82 Å². The first-order chi connectivity index (χ1) is 16.6. The van der Waals surface area contributed by atoms with Crippen molar-refractivity contribution >= 4 is 37.7 Å². The first-order valence-electron chi connectivity index (χ1n) is 11.3. The van der Waals surface area contributed by atoms with Crippen molar-refractivity contribution in [2.24, 2.45) is 0 Å². The van der Waals surface area contributed by atoms with Gasteiger partial charge in [-0.2, -0.15) is 4.31 Å². The second-order valence-corrected chi connectivity index (χ2v) is 11.2. The van der Waals surface area contributed by atoms with E-state index in [1.54, 1.807) is 50.2 Å². The summed E-state index contributed by atoms with van der Waals surface area (Å²) in [6.07, 6.45) is 0.832. The fourth-order valence-corrected chi connectivity index (χ4v) is 5.83. The maximum Gasteiger partial charge on any atom is 0.255 e. The lowest BCUT2D eigenvalue weighted by molar-refractivity contribution is 0.0908. The van der Waals surface area contributed by atoms with Crippen molar-refractivity contribution in [3.05, 3.63) is 87.8 Å².